The first-order chi connectivity index (χ1) is 7.38. The highest BCUT2D eigenvalue weighted by atomic mass is 16.9. The van der Waals surface area contributed by atoms with Crippen molar-refractivity contribution in [3.8, 4) is 0 Å². The first kappa shape index (κ1) is 14.9. The van der Waals surface area contributed by atoms with Gasteiger partial charge in [0.1, 0.15) is 0 Å². The van der Waals surface area contributed by atoms with E-state index >= 15 is 0 Å². The Kier molecular flexibility index (Phi) is 6.72. The lowest BCUT2D eigenvalue weighted by Gasteiger charge is -2.15. The molecule has 0 saturated carbocycles. The Hall–Kier alpha value is -1.10. The van der Waals surface area contributed by atoms with Crippen LogP contribution in [0.3, 0.4) is 0 Å². The van der Waals surface area contributed by atoms with Crippen LogP contribution in [0.25, 0.3) is 0 Å². The Balaban J connectivity index is 3.59. The van der Waals surface area contributed by atoms with Crippen molar-refractivity contribution in [2.24, 2.45) is 5.41 Å². The summed E-state index contributed by atoms with van der Waals surface area (Å²) in [6, 6.07) is 0. The lowest BCUT2D eigenvalue weighted by atomic mass is 9.98. The second-order valence-corrected chi connectivity index (χ2v) is 4.65. The maximum absolute atomic E-state index is 11.2. The van der Waals surface area contributed by atoms with E-state index in [9.17, 15) is 9.59 Å². The van der Waals surface area contributed by atoms with Gasteiger partial charge in [0.25, 0.3) is 0 Å². The molecule has 0 fully saturated rings. The number of rotatable bonds is 6. The van der Waals surface area contributed by atoms with E-state index in [4.69, 9.17) is 0 Å². The number of unbranched alkanes of at least 4 members (excludes halogenated alkanes) is 2. The number of nitrogens with one attached hydrogen (secondary N) is 1. The van der Waals surface area contributed by atoms with E-state index in [2.05, 4.69) is 16.6 Å². The molecule has 0 spiro atoms. The number of hydrogen-bond acceptors (Lipinski definition) is 5. The molecule has 94 valence electrons. The Morgan fingerprint density at radius 2 is 1.75 bits per heavy atom. The molecule has 0 aromatic carbocycles. The molecule has 5 heteroatoms. The van der Waals surface area contributed by atoms with Crippen LogP contribution in [-0.4, -0.2) is 11.9 Å². The average Bonchev–Trinajstić information content (AvgIpc) is 2.16. The van der Waals surface area contributed by atoms with Crippen LogP contribution >= 0.6 is 0 Å². The quantitative estimate of drug-likeness (QED) is 0.560. The summed E-state index contributed by atoms with van der Waals surface area (Å²) < 4.78 is 0. The molecule has 0 aliphatic heterocycles. The van der Waals surface area contributed by atoms with E-state index in [1.54, 1.807) is 20.8 Å². The van der Waals surface area contributed by atoms with Crippen molar-refractivity contribution < 1.29 is 19.3 Å². The van der Waals surface area contributed by atoms with Gasteiger partial charge in [0, 0.05) is 12.1 Å². The van der Waals surface area contributed by atoms with Gasteiger partial charge in [0.2, 0.25) is 0 Å². The summed E-state index contributed by atoms with van der Waals surface area (Å²) in [5.74, 6) is -0.899. The Bertz CT molecular complexity index is 233. The zero-order valence-electron chi connectivity index (χ0n) is 10.5. The second kappa shape index (κ2) is 7.22. The molecule has 0 aromatic rings. The minimum Gasteiger partial charge on any atom is -0.336 e. The van der Waals surface area contributed by atoms with Gasteiger partial charge in [-0.1, -0.05) is 19.8 Å². The number of carbonyl (C=O) groups is 2. The van der Waals surface area contributed by atoms with Crippen molar-refractivity contribution in [3.05, 3.63) is 0 Å². The smallest absolute Gasteiger partial charge is 0.334 e. The van der Waals surface area contributed by atoms with Crippen molar-refractivity contribution in [1.82, 2.24) is 5.64 Å². The molecule has 16 heavy (non-hydrogen) atoms. The van der Waals surface area contributed by atoms with Crippen LogP contribution in [0.4, 0.5) is 0 Å². The molecule has 0 saturated heterocycles. The summed E-state index contributed by atoms with van der Waals surface area (Å²) in [6.07, 6.45) is 3.13. The third-order valence-corrected chi connectivity index (χ3v) is 1.89. The van der Waals surface area contributed by atoms with Crippen LogP contribution in [-0.2, 0) is 19.3 Å². The van der Waals surface area contributed by atoms with Crippen LogP contribution < -0.4 is 5.64 Å². The van der Waals surface area contributed by atoms with Crippen LogP contribution in [0.15, 0.2) is 0 Å². The zero-order chi connectivity index (χ0) is 12.6. The Labute approximate surface area is 96.4 Å². The van der Waals surface area contributed by atoms with Gasteiger partial charge >= 0.3 is 11.9 Å². The van der Waals surface area contributed by atoms with Gasteiger partial charge in [-0.2, -0.15) is 0 Å². The summed E-state index contributed by atoms with van der Waals surface area (Å²) in [5, 5.41) is 0. The normalized spacial score (nSPS) is 11.0. The maximum atomic E-state index is 11.2. The van der Waals surface area contributed by atoms with Gasteiger partial charge < -0.3 is 9.68 Å². The minimum atomic E-state index is -0.623. The first-order valence-electron chi connectivity index (χ1n) is 5.54. The third kappa shape index (κ3) is 7.23. The van der Waals surface area contributed by atoms with Gasteiger partial charge in [-0.05, 0) is 27.2 Å². The topological polar surface area (TPSA) is 64.6 Å². The van der Waals surface area contributed by atoms with Crippen LogP contribution in [0, 0.1) is 5.41 Å². The largest absolute Gasteiger partial charge is 0.336 e. The molecule has 0 rings (SSSR count). The highest BCUT2D eigenvalue weighted by molar-refractivity contribution is 5.75. The highest BCUT2D eigenvalue weighted by Crippen LogP contribution is 2.14. The van der Waals surface area contributed by atoms with Crippen molar-refractivity contribution >= 4 is 11.9 Å². The summed E-state index contributed by atoms with van der Waals surface area (Å²) in [4.78, 5) is 31.4. The van der Waals surface area contributed by atoms with Crippen molar-refractivity contribution in [1.29, 1.82) is 0 Å². The van der Waals surface area contributed by atoms with Crippen LogP contribution in [0.1, 0.15) is 53.4 Å². The molecule has 0 radical (unpaired) electrons. The summed E-state index contributed by atoms with van der Waals surface area (Å²) in [6.45, 7) is 7.18. The minimum absolute atomic E-state index is 0.327. The van der Waals surface area contributed by atoms with E-state index in [-0.39, 0.29) is 0 Å². The first-order valence-corrected chi connectivity index (χ1v) is 5.54. The monoisotopic (exact) mass is 231 g/mol. The molecular weight excluding hydrogens is 210 g/mol. The molecule has 5 nitrogen and oxygen atoms in total. The molecular formula is C11H21NO4. The predicted octanol–water partition coefficient (Wildman–Crippen LogP) is 2.12. The van der Waals surface area contributed by atoms with Gasteiger partial charge in [-0.15, -0.1) is 0 Å². The van der Waals surface area contributed by atoms with Gasteiger partial charge in [-0.25, -0.2) is 4.79 Å². The zero-order valence-corrected chi connectivity index (χ0v) is 10.5. The molecule has 0 aliphatic rings. The summed E-state index contributed by atoms with van der Waals surface area (Å²) >= 11 is 0. The van der Waals surface area contributed by atoms with Crippen molar-refractivity contribution in [3.63, 3.8) is 0 Å². The standard InChI is InChI=1S/C11H21NO4/c1-5-6-7-8-9(13)15-12-16-10(14)11(2,3)4/h12H,5-8H2,1-4H3. The lowest BCUT2D eigenvalue weighted by molar-refractivity contribution is -0.204. The SMILES string of the molecule is CCCCCC(=O)ONOC(=O)C(C)(C)C. The fourth-order valence-corrected chi connectivity index (χ4v) is 0.829. The average molecular weight is 231 g/mol. The predicted molar refractivity (Wildman–Crippen MR) is 58.9 cm³/mol. The Morgan fingerprint density at radius 1 is 1.12 bits per heavy atom. The summed E-state index contributed by atoms with van der Waals surface area (Å²) in [5.41, 5.74) is 1.30. The van der Waals surface area contributed by atoms with Crippen LogP contribution in [0.2, 0.25) is 0 Å². The molecule has 0 heterocycles. The van der Waals surface area contributed by atoms with Gasteiger partial charge in [0.15, 0.2) is 0 Å². The maximum Gasteiger partial charge on any atom is 0.334 e. The van der Waals surface area contributed by atoms with E-state index in [1.807, 2.05) is 5.64 Å². The molecule has 0 unspecified atom stereocenters. The van der Waals surface area contributed by atoms with E-state index < -0.39 is 17.4 Å². The van der Waals surface area contributed by atoms with Gasteiger partial charge in [-0.3, -0.25) is 4.79 Å². The lowest BCUT2D eigenvalue weighted by Crippen LogP contribution is -2.31. The Morgan fingerprint density at radius 3 is 2.25 bits per heavy atom. The third-order valence-electron chi connectivity index (χ3n) is 1.89. The molecule has 0 aromatic heterocycles. The fourth-order valence-electron chi connectivity index (χ4n) is 0.829. The molecule has 0 bridgehead atoms. The van der Waals surface area contributed by atoms with E-state index in [1.165, 1.54) is 0 Å². The van der Waals surface area contributed by atoms with Crippen LogP contribution in [0.5, 0.6) is 0 Å². The fraction of sp³-hybridized carbons (Fsp3) is 0.818. The number of carbonyl (C=O) groups excluding carboxylic acids is 2. The van der Waals surface area contributed by atoms with E-state index in [0.717, 1.165) is 19.3 Å². The van der Waals surface area contributed by atoms with Gasteiger partial charge in [0.05, 0.1) is 5.41 Å². The molecule has 1 N–H and O–H groups in total. The molecule has 0 atom stereocenters. The molecule has 0 aliphatic carbocycles. The molecule has 0 amide bonds. The summed E-state index contributed by atoms with van der Waals surface area (Å²) in [7, 11) is 0. The van der Waals surface area contributed by atoms with Crippen molar-refractivity contribution in [2.45, 2.75) is 53.4 Å². The van der Waals surface area contributed by atoms with E-state index in [0.29, 0.717) is 6.42 Å². The second-order valence-electron chi connectivity index (χ2n) is 4.65. The highest BCUT2D eigenvalue weighted by Gasteiger charge is 2.23. The number of hydrogen-bond donors (Lipinski definition) is 1. The van der Waals surface area contributed by atoms with Crippen molar-refractivity contribution in [2.75, 3.05) is 0 Å².